The average molecular weight is 213 g/mol. The Morgan fingerprint density at radius 2 is 2.27 bits per heavy atom. The number of hydrogen-bond donors (Lipinski definition) is 2. The molecule has 1 aliphatic heterocycles. The zero-order chi connectivity index (χ0) is 11.4. The van der Waals surface area contributed by atoms with Gasteiger partial charge >= 0.3 is 0 Å². The summed E-state index contributed by atoms with van der Waals surface area (Å²) < 4.78 is 0. The first-order valence-corrected chi connectivity index (χ1v) is 5.83. The van der Waals surface area contributed by atoms with Gasteiger partial charge < -0.3 is 10.9 Å². The zero-order valence-electron chi connectivity index (χ0n) is 9.98. The van der Waals surface area contributed by atoms with Crippen molar-refractivity contribution in [2.24, 2.45) is 16.8 Å². The number of oxime groups is 1. The maximum absolute atomic E-state index is 8.61. The third-order valence-corrected chi connectivity index (χ3v) is 3.53. The second-order valence-corrected chi connectivity index (χ2v) is 4.61. The van der Waals surface area contributed by atoms with Crippen molar-refractivity contribution in [3.63, 3.8) is 0 Å². The van der Waals surface area contributed by atoms with E-state index in [1.54, 1.807) is 0 Å². The summed E-state index contributed by atoms with van der Waals surface area (Å²) in [5.41, 5.74) is 5.60. The smallest absolute Gasteiger partial charge is 0.143 e. The normalized spacial score (nSPS) is 30.7. The second kappa shape index (κ2) is 5.35. The third kappa shape index (κ3) is 2.84. The van der Waals surface area contributed by atoms with E-state index < -0.39 is 0 Å². The summed E-state index contributed by atoms with van der Waals surface area (Å²) in [5, 5.41) is 11.7. The molecule has 88 valence electrons. The zero-order valence-corrected chi connectivity index (χ0v) is 9.98. The highest BCUT2D eigenvalue weighted by atomic mass is 16.4. The molecule has 4 heteroatoms. The molecular formula is C11H23N3O. The minimum atomic E-state index is 0.129. The first-order chi connectivity index (χ1) is 7.10. The number of hydrogen-bond acceptors (Lipinski definition) is 3. The molecule has 0 saturated carbocycles. The highest BCUT2D eigenvalue weighted by Crippen LogP contribution is 2.26. The number of likely N-dealkylation sites (tertiary alicyclic amines) is 1. The van der Waals surface area contributed by atoms with Gasteiger partial charge in [-0.2, -0.15) is 0 Å². The van der Waals surface area contributed by atoms with Crippen molar-refractivity contribution in [3.8, 4) is 0 Å². The maximum atomic E-state index is 8.61. The van der Waals surface area contributed by atoms with Crippen LogP contribution < -0.4 is 5.73 Å². The molecule has 3 N–H and O–H groups in total. The van der Waals surface area contributed by atoms with Crippen LogP contribution in [0.5, 0.6) is 0 Å². The van der Waals surface area contributed by atoms with E-state index in [1.807, 2.05) is 6.92 Å². The molecular weight excluding hydrogens is 190 g/mol. The molecule has 3 atom stereocenters. The molecule has 0 amide bonds. The fourth-order valence-corrected chi connectivity index (χ4v) is 2.40. The molecule has 0 aromatic heterocycles. The van der Waals surface area contributed by atoms with Crippen molar-refractivity contribution < 1.29 is 5.21 Å². The summed E-state index contributed by atoms with van der Waals surface area (Å²) in [7, 11) is 0. The SMILES string of the molecule is CCC1CCC(C)N1CC(C)C(N)=NO. The standard InChI is InChI=1S/C11H23N3O/c1-4-10-6-5-9(3)14(10)7-8(2)11(12)13-15/h8-10,15H,4-7H2,1-3H3,(H2,12,13). The molecule has 0 aliphatic carbocycles. The van der Waals surface area contributed by atoms with Gasteiger partial charge in [0.2, 0.25) is 0 Å². The Hall–Kier alpha value is -0.770. The summed E-state index contributed by atoms with van der Waals surface area (Å²) in [6.07, 6.45) is 3.73. The molecule has 4 nitrogen and oxygen atoms in total. The summed E-state index contributed by atoms with van der Waals surface area (Å²) in [6.45, 7) is 7.39. The van der Waals surface area contributed by atoms with E-state index >= 15 is 0 Å². The van der Waals surface area contributed by atoms with Gasteiger partial charge in [0.1, 0.15) is 5.84 Å². The molecule has 0 aromatic carbocycles. The fraction of sp³-hybridized carbons (Fsp3) is 0.909. The van der Waals surface area contributed by atoms with Gasteiger partial charge in [0.05, 0.1) is 0 Å². The van der Waals surface area contributed by atoms with Crippen LogP contribution in [0.15, 0.2) is 5.16 Å². The first kappa shape index (κ1) is 12.3. The summed E-state index contributed by atoms with van der Waals surface area (Å²) in [4.78, 5) is 2.49. The summed E-state index contributed by atoms with van der Waals surface area (Å²) in [5.74, 6) is 0.466. The van der Waals surface area contributed by atoms with Crippen molar-refractivity contribution in [1.82, 2.24) is 4.90 Å². The minimum absolute atomic E-state index is 0.129. The van der Waals surface area contributed by atoms with Gasteiger partial charge in [0, 0.05) is 24.5 Å². The van der Waals surface area contributed by atoms with Gasteiger partial charge in [0.25, 0.3) is 0 Å². The Balaban J connectivity index is 2.55. The Labute approximate surface area is 92.1 Å². The van der Waals surface area contributed by atoms with E-state index in [0.717, 1.165) is 6.54 Å². The van der Waals surface area contributed by atoms with E-state index in [9.17, 15) is 0 Å². The van der Waals surface area contributed by atoms with Crippen LogP contribution in [0.1, 0.15) is 40.0 Å². The average Bonchev–Trinajstić information content (AvgIpc) is 2.59. The maximum Gasteiger partial charge on any atom is 0.143 e. The molecule has 0 bridgehead atoms. The topological polar surface area (TPSA) is 61.8 Å². The van der Waals surface area contributed by atoms with Gasteiger partial charge in [-0.1, -0.05) is 19.0 Å². The van der Waals surface area contributed by atoms with Gasteiger partial charge in [0.15, 0.2) is 0 Å². The number of nitrogens with two attached hydrogens (primary N) is 1. The van der Waals surface area contributed by atoms with Crippen molar-refractivity contribution in [2.45, 2.75) is 52.1 Å². The van der Waals surface area contributed by atoms with E-state index in [0.29, 0.717) is 17.9 Å². The molecule has 0 spiro atoms. The van der Waals surface area contributed by atoms with Crippen LogP contribution in [-0.2, 0) is 0 Å². The molecule has 1 saturated heterocycles. The van der Waals surface area contributed by atoms with Crippen molar-refractivity contribution in [2.75, 3.05) is 6.54 Å². The van der Waals surface area contributed by atoms with E-state index in [2.05, 4.69) is 23.9 Å². The molecule has 0 aromatic rings. The monoisotopic (exact) mass is 213 g/mol. The van der Waals surface area contributed by atoms with Gasteiger partial charge in [-0.05, 0) is 26.2 Å². The lowest BCUT2D eigenvalue weighted by Crippen LogP contribution is -2.41. The highest BCUT2D eigenvalue weighted by molar-refractivity contribution is 5.82. The van der Waals surface area contributed by atoms with Crippen LogP contribution in [0.4, 0.5) is 0 Å². The van der Waals surface area contributed by atoms with Crippen LogP contribution in [0.25, 0.3) is 0 Å². The molecule has 1 fully saturated rings. The molecule has 3 unspecified atom stereocenters. The van der Waals surface area contributed by atoms with Crippen molar-refractivity contribution >= 4 is 5.84 Å². The van der Waals surface area contributed by atoms with E-state index in [-0.39, 0.29) is 5.92 Å². The second-order valence-electron chi connectivity index (χ2n) is 4.61. The summed E-state index contributed by atoms with van der Waals surface area (Å²) in [6, 6.07) is 1.30. The van der Waals surface area contributed by atoms with Crippen LogP contribution in [0, 0.1) is 5.92 Å². The number of rotatable bonds is 4. The largest absolute Gasteiger partial charge is 0.409 e. The highest BCUT2D eigenvalue weighted by Gasteiger charge is 2.30. The lowest BCUT2D eigenvalue weighted by Gasteiger charge is -2.29. The predicted molar refractivity (Wildman–Crippen MR) is 62.1 cm³/mol. The van der Waals surface area contributed by atoms with Crippen molar-refractivity contribution in [1.29, 1.82) is 0 Å². The number of amidine groups is 1. The quantitative estimate of drug-likeness (QED) is 0.323. The Kier molecular flexibility index (Phi) is 4.39. The van der Waals surface area contributed by atoms with Crippen LogP contribution in [0.2, 0.25) is 0 Å². The van der Waals surface area contributed by atoms with Gasteiger partial charge in [-0.15, -0.1) is 0 Å². The van der Waals surface area contributed by atoms with Crippen LogP contribution in [-0.4, -0.2) is 34.6 Å². The van der Waals surface area contributed by atoms with Gasteiger partial charge in [-0.3, -0.25) is 4.90 Å². The Morgan fingerprint density at radius 3 is 2.80 bits per heavy atom. The lowest BCUT2D eigenvalue weighted by atomic mass is 10.1. The third-order valence-electron chi connectivity index (χ3n) is 3.53. The first-order valence-electron chi connectivity index (χ1n) is 5.83. The lowest BCUT2D eigenvalue weighted by molar-refractivity contribution is 0.185. The molecule has 1 heterocycles. The minimum Gasteiger partial charge on any atom is -0.409 e. The van der Waals surface area contributed by atoms with Crippen LogP contribution >= 0.6 is 0 Å². The fourth-order valence-electron chi connectivity index (χ4n) is 2.40. The van der Waals surface area contributed by atoms with E-state index in [1.165, 1.54) is 19.3 Å². The molecule has 0 radical (unpaired) electrons. The van der Waals surface area contributed by atoms with E-state index in [4.69, 9.17) is 10.9 Å². The Bertz CT molecular complexity index is 230. The van der Waals surface area contributed by atoms with Crippen LogP contribution in [0.3, 0.4) is 0 Å². The molecule has 1 aliphatic rings. The molecule has 15 heavy (non-hydrogen) atoms. The van der Waals surface area contributed by atoms with Gasteiger partial charge in [-0.25, -0.2) is 0 Å². The summed E-state index contributed by atoms with van der Waals surface area (Å²) >= 11 is 0. The predicted octanol–water partition coefficient (Wildman–Crippen LogP) is 1.63. The van der Waals surface area contributed by atoms with Crippen molar-refractivity contribution in [3.05, 3.63) is 0 Å². The Morgan fingerprint density at radius 1 is 1.60 bits per heavy atom. The molecule has 1 rings (SSSR count). The number of nitrogens with zero attached hydrogens (tertiary/aromatic N) is 2.